The summed E-state index contributed by atoms with van der Waals surface area (Å²) in [7, 11) is 0. The second kappa shape index (κ2) is 6.85. The van der Waals surface area contributed by atoms with Gasteiger partial charge in [0.25, 0.3) is 0 Å². The highest BCUT2D eigenvalue weighted by Gasteiger charge is 2.21. The Hall–Kier alpha value is -1.40. The minimum absolute atomic E-state index is 0.0925. The van der Waals surface area contributed by atoms with Crippen LogP contribution in [0.25, 0.3) is 0 Å². The van der Waals surface area contributed by atoms with Crippen molar-refractivity contribution in [3.05, 3.63) is 17.5 Å². The first kappa shape index (κ1) is 15.0. The number of hydrogen-bond acceptors (Lipinski definition) is 5. The van der Waals surface area contributed by atoms with E-state index in [1.165, 1.54) is 0 Å². The maximum absolute atomic E-state index is 12.0. The molecule has 6 nitrogen and oxygen atoms in total. The summed E-state index contributed by atoms with van der Waals surface area (Å²) in [6.07, 6.45) is 1.31. The average Bonchev–Trinajstić information content (AvgIpc) is 2.82. The van der Waals surface area contributed by atoms with Crippen LogP contribution in [0.3, 0.4) is 0 Å². The van der Waals surface area contributed by atoms with Crippen LogP contribution in [0.5, 0.6) is 0 Å². The minimum atomic E-state index is 0.0925. The normalized spacial score (nSPS) is 18.2. The summed E-state index contributed by atoms with van der Waals surface area (Å²) < 4.78 is 5.22. The van der Waals surface area contributed by atoms with Gasteiger partial charge in [-0.3, -0.25) is 9.69 Å². The van der Waals surface area contributed by atoms with Gasteiger partial charge in [0.2, 0.25) is 5.91 Å². The van der Waals surface area contributed by atoms with Crippen molar-refractivity contribution in [1.82, 2.24) is 15.0 Å². The molecule has 1 unspecified atom stereocenters. The zero-order valence-corrected chi connectivity index (χ0v) is 12.3. The van der Waals surface area contributed by atoms with Gasteiger partial charge in [0.05, 0.1) is 12.2 Å². The number of carbonyl (C=O) groups excluding carboxylic acids is 1. The van der Waals surface area contributed by atoms with Gasteiger partial charge in [-0.15, -0.1) is 0 Å². The number of amides is 1. The number of piperazine rings is 1. The third kappa shape index (κ3) is 4.31. The van der Waals surface area contributed by atoms with Gasteiger partial charge < -0.3 is 15.2 Å². The Labute approximate surface area is 119 Å². The van der Waals surface area contributed by atoms with E-state index < -0.39 is 0 Å². The van der Waals surface area contributed by atoms with E-state index in [1.54, 1.807) is 0 Å². The van der Waals surface area contributed by atoms with Gasteiger partial charge in [-0.25, -0.2) is 0 Å². The number of aromatic nitrogens is 1. The smallest absolute Gasteiger partial charge is 0.222 e. The van der Waals surface area contributed by atoms with Crippen molar-refractivity contribution < 1.29 is 9.32 Å². The molecule has 0 bridgehead atoms. The molecule has 0 radical (unpaired) electrons. The molecule has 1 atom stereocenters. The van der Waals surface area contributed by atoms with Gasteiger partial charge in [0.1, 0.15) is 0 Å². The van der Waals surface area contributed by atoms with Crippen molar-refractivity contribution in [2.45, 2.75) is 39.3 Å². The molecule has 2 heterocycles. The molecule has 1 amide bonds. The van der Waals surface area contributed by atoms with Gasteiger partial charge in [-0.05, 0) is 20.3 Å². The molecule has 1 aliphatic rings. The standard InChI is InChI=1S/C14H24N4O2/c1-11(15)3-4-14(19)18-7-5-17(6-8-18)10-13-9-12(2)16-20-13/h9,11H,3-8,10,15H2,1-2H3. The van der Waals surface area contributed by atoms with E-state index in [0.717, 1.165) is 50.6 Å². The monoisotopic (exact) mass is 280 g/mol. The fourth-order valence-electron chi connectivity index (χ4n) is 2.38. The first-order valence-corrected chi connectivity index (χ1v) is 7.22. The number of rotatable bonds is 5. The molecule has 20 heavy (non-hydrogen) atoms. The molecular weight excluding hydrogens is 256 g/mol. The maximum atomic E-state index is 12.0. The summed E-state index contributed by atoms with van der Waals surface area (Å²) in [5.74, 6) is 1.11. The zero-order chi connectivity index (χ0) is 14.5. The number of aryl methyl sites for hydroxylation is 1. The molecule has 6 heteroatoms. The molecule has 112 valence electrons. The van der Waals surface area contributed by atoms with Gasteiger partial charge in [0.15, 0.2) is 5.76 Å². The van der Waals surface area contributed by atoms with E-state index >= 15 is 0 Å². The van der Waals surface area contributed by atoms with Gasteiger partial charge in [0, 0.05) is 44.7 Å². The predicted molar refractivity (Wildman–Crippen MR) is 76.0 cm³/mol. The predicted octanol–water partition coefficient (Wildman–Crippen LogP) is 0.755. The van der Waals surface area contributed by atoms with Crippen molar-refractivity contribution in [2.75, 3.05) is 26.2 Å². The molecule has 2 N–H and O–H groups in total. The fourth-order valence-corrected chi connectivity index (χ4v) is 2.38. The molecule has 1 aromatic heterocycles. The lowest BCUT2D eigenvalue weighted by Gasteiger charge is -2.34. The SMILES string of the molecule is Cc1cc(CN2CCN(C(=O)CCC(C)N)CC2)on1. The van der Waals surface area contributed by atoms with Crippen molar-refractivity contribution in [2.24, 2.45) is 5.73 Å². The van der Waals surface area contributed by atoms with Crippen LogP contribution in [-0.2, 0) is 11.3 Å². The minimum Gasteiger partial charge on any atom is -0.360 e. The Balaban J connectivity index is 1.73. The number of carbonyl (C=O) groups is 1. The van der Waals surface area contributed by atoms with Crippen molar-refractivity contribution in [3.63, 3.8) is 0 Å². The Morgan fingerprint density at radius 3 is 2.70 bits per heavy atom. The number of nitrogens with zero attached hydrogens (tertiary/aromatic N) is 3. The number of hydrogen-bond donors (Lipinski definition) is 1. The zero-order valence-electron chi connectivity index (χ0n) is 12.3. The second-order valence-corrected chi connectivity index (χ2v) is 5.61. The van der Waals surface area contributed by atoms with Crippen LogP contribution >= 0.6 is 0 Å². The largest absolute Gasteiger partial charge is 0.360 e. The highest BCUT2D eigenvalue weighted by Crippen LogP contribution is 2.11. The summed E-state index contributed by atoms with van der Waals surface area (Å²) in [6, 6.07) is 2.05. The summed E-state index contributed by atoms with van der Waals surface area (Å²) >= 11 is 0. The Morgan fingerprint density at radius 1 is 1.45 bits per heavy atom. The third-order valence-corrected chi connectivity index (χ3v) is 3.59. The van der Waals surface area contributed by atoms with Crippen molar-refractivity contribution in [1.29, 1.82) is 0 Å². The molecule has 0 aliphatic carbocycles. The fraction of sp³-hybridized carbons (Fsp3) is 0.714. The average molecular weight is 280 g/mol. The summed E-state index contributed by atoms with van der Waals surface area (Å²) in [6.45, 7) is 7.94. The highest BCUT2D eigenvalue weighted by molar-refractivity contribution is 5.76. The number of nitrogens with two attached hydrogens (primary N) is 1. The van der Waals surface area contributed by atoms with Crippen LogP contribution in [0.1, 0.15) is 31.2 Å². The lowest BCUT2D eigenvalue weighted by Crippen LogP contribution is -2.48. The highest BCUT2D eigenvalue weighted by atomic mass is 16.5. The molecule has 1 aliphatic heterocycles. The molecular formula is C14H24N4O2. The van der Waals surface area contributed by atoms with Crippen molar-refractivity contribution in [3.8, 4) is 0 Å². The Bertz CT molecular complexity index is 436. The quantitative estimate of drug-likeness (QED) is 0.861. The van der Waals surface area contributed by atoms with E-state index in [4.69, 9.17) is 10.3 Å². The van der Waals surface area contributed by atoms with Crippen LogP contribution in [0.2, 0.25) is 0 Å². The molecule has 1 aromatic rings. The van der Waals surface area contributed by atoms with Gasteiger partial charge in [-0.1, -0.05) is 5.16 Å². The lowest BCUT2D eigenvalue weighted by molar-refractivity contribution is -0.133. The molecule has 0 aromatic carbocycles. The Kier molecular flexibility index (Phi) is 5.14. The van der Waals surface area contributed by atoms with E-state index in [1.807, 2.05) is 24.8 Å². The molecule has 0 spiro atoms. The first-order valence-electron chi connectivity index (χ1n) is 7.22. The van der Waals surface area contributed by atoms with Crippen LogP contribution < -0.4 is 5.73 Å². The van der Waals surface area contributed by atoms with Crippen LogP contribution in [0, 0.1) is 6.92 Å². The van der Waals surface area contributed by atoms with Crippen LogP contribution in [-0.4, -0.2) is 53.1 Å². The van der Waals surface area contributed by atoms with E-state index in [2.05, 4.69) is 10.1 Å². The topological polar surface area (TPSA) is 75.6 Å². The molecule has 0 saturated carbocycles. The van der Waals surface area contributed by atoms with E-state index in [9.17, 15) is 4.79 Å². The third-order valence-electron chi connectivity index (χ3n) is 3.59. The van der Waals surface area contributed by atoms with Gasteiger partial charge in [-0.2, -0.15) is 0 Å². The molecule has 1 fully saturated rings. The first-order chi connectivity index (χ1) is 9.54. The van der Waals surface area contributed by atoms with Gasteiger partial charge >= 0.3 is 0 Å². The van der Waals surface area contributed by atoms with Crippen LogP contribution in [0.15, 0.2) is 10.6 Å². The summed E-state index contributed by atoms with van der Waals surface area (Å²) in [5, 5.41) is 3.89. The van der Waals surface area contributed by atoms with Crippen molar-refractivity contribution >= 4 is 5.91 Å². The van der Waals surface area contributed by atoms with E-state index in [-0.39, 0.29) is 11.9 Å². The molecule has 2 rings (SSSR count). The van der Waals surface area contributed by atoms with E-state index in [0.29, 0.717) is 6.42 Å². The van der Waals surface area contributed by atoms with Crippen LogP contribution in [0.4, 0.5) is 0 Å². The molecule has 1 saturated heterocycles. The maximum Gasteiger partial charge on any atom is 0.222 e. The lowest BCUT2D eigenvalue weighted by atomic mass is 10.1. The second-order valence-electron chi connectivity index (χ2n) is 5.61. The Morgan fingerprint density at radius 2 is 2.15 bits per heavy atom. The summed E-state index contributed by atoms with van der Waals surface area (Å²) in [5.41, 5.74) is 6.59. The summed E-state index contributed by atoms with van der Waals surface area (Å²) in [4.78, 5) is 16.2.